The summed E-state index contributed by atoms with van der Waals surface area (Å²) in [6.07, 6.45) is 3.05. The molecule has 1 fully saturated rings. The van der Waals surface area contributed by atoms with Gasteiger partial charge in [0.05, 0.1) is 24.6 Å². The van der Waals surface area contributed by atoms with Gasteiger partial charge in [0.15, 0.2) is 11.4 Å². The van der Waals surface area contributed by atoms with Crippen molar-refractivity contribution >= 4 is 5.82 Å². The van der Waals surface area contributed by atoms with Gasteiger partial charge in [-0.25, -0.2) is 15.0 Å². The highest BCUT2D eigenvalue weighted by atomic mass is 16.5. The number of hydrogen-bond donors (Lipinski definition) is 1. The van der Waals surface area contributed by atoms with Crippen LogP contribution >= 0.6 is 0 Å². The first kappa shape index (κ1) is 14.2. The van der Waals surface area contributed by atoms with Crippen LogP contribution in [0.3, 0.4) is 0 Å². The van der Waals surface area contributed by atoms with Crippen molar-refractivity contribution in [2.45, 2.75) is 18.9 Å². The Morgan fingerprint density at radius 1 is 1.23 bits per heavy atom. The number of aromatic nitrogens is 3. The van der Waals surface area contributed by atoms with Crippen molar-refractivity contribution in [3.05, 3.63) is 30.2 Å². The molecular weight excluding hydrogens is 282 g/mol. The summed E-state index contributed by atoms with van der Waals surface area (Å²) < 4.78 is 11.2. The second-order valence-electron chi connectivity index (χ2n) is 4.91. The lowest BCUT2D eigenvalue weighted by Crippen LogP contribution is -2.26. The molecule has 1 aliphatic rings. The molecule has 0 bridgehead atoms. The van der Waals surface area contributed by atoms with Gasteiger partial charge in [-0.05, 0) is 12.1 Å². The molecule has 1 aliphatic heterocycles. The number of nitriles is 1. The summed E-state index contributed by atoms with van der Waals surface area (Å²) in [6, 6.07) is 7.19. The monoisotopic (exact) mass is 297 g/mol. The van der Waals surface area contributed by atoms with E-state index in [1.807, 2.05) is 0 Å². The van der Waals surface area contributed by atoms with Gasteiger partial charge in [-0.15, -0.1) is 0 Å². The van der Waals surface area contributed by atoms with Gasteiger partial charge in [-0.3, -0.25) is 0 Å². The molecule has 0 spiro atoms. The average Bonchev–Trinajstić information content (AvgIpc) is 2.56. The average molecular weight is 297 g/mol. The molecule has 3 rings (SSSR count). The number of pyridine rings is 1. The number of nitrogens with two attached hydrogens (primary N) is 1. The summed E-state index contributed by atoms with van der Waals surface area (Å²) >= 11 is 0. The molecule has 7 nitrogen and oxygen atoms in total. The lowest BCUT2D eigenvalue weighted by molar-refractivity contribution is 0.0253. The number of hydrogen-bond acceptors (Lipinski definition) is 7. The first-order valence-electron chi connectivity index (χ1n) is 6.99. The van der Waals surface area contributed by atoms with Crippen LogP contribution in [-0.4, -0.2) is 34.3 Å². The van der Waals surface area contributed by atoms with Gasteiger partial charge < -0.3 is 15.2 Å². The fourth-order valence-electron chi connectivity index (χ4n) is 2.25. The molecule has 3 heterocycles. The van der Waals surface area contributed by atoms with Crippen LogP contribution in [0.25, 0.3) is 11.4 Å². The van der Waals surface area contributed by atoms with Crippen LogP contribution < -0.4 is 10.5 Å². The first-order chi connectivity index (χ1) is 10.8. The molecule has 1 saturated heterocycles. The zero-order chi connectivity index (χ0) is 15.4. The van der Waals surface area contributed by atoms with Crippen molar-refractivity contribution in [1.82, 2.24) is 15.0 Å². The van der Waals surface area contributed by atoms with Crippen LogP contribution in [-0.2, 0) is 4.74 Å². The number of ether oxygens (including phenoxy) is 2. The smallest absolute Gasteiger partial charge is 0.183 e. The van der Waals surface area contributed by atoms with Crippen molar-refractivity contribution in [3.63, 3.8) is 0 Å². The van der Waals surface area contributed by atoms with E-state index in [1.165, 1.54) is 6.33 Å². The van der Waals surface area contributed by atoms with E-state index in [1.54, 1.807) is 18.2 Å². The Labute approximate surface area is 127 Å². The van der Waals surface area contributed by atoms with Crippen LogP contribution in [0.15, 0.2) is 24.5 Å². The summed E-state index contributed by atoms with van der Waals surface area (Å²) in [5.41, 5.74) is 7.01. The highest BCUT2D eigenvalue weighted by molar-refractivity contribution is 5.59. The fraction of sp³-hybridized carbons (Fsp3) is 0.333. The van der Waals surface area contributed by atoms with Gasteiger partial charge in [-0.1, -0.05) is 0 Å². The van der Waals surface area contributed by atoms with E-state index in [4.69, 9.17) is 15.2 Å². The van der Waals surface area contributed by atoms with Gasteiger partial charge in [0.2, 0.25) is 0 Å². The number of anilines is 1. The van der Waals surface area contributed by atoms with Crippen molar-refractivity contribution in [2.24, 2.45) is 0 Å². The molecule has 2 N–H and O–H groups in total. The molecule has 22 heavy (non-hydrogen) atoms. The number of nitrogens with zero attached hydrogens (tertiary/aromatic N) is 4. The minimum atomic E-state index is 0.0585. The Balaban J connectivity index is 1.86. The van der Waals surface area contributed by atoms with Crippen molar-refractivity contribution in [2.75, 3.05) is 18.9 Å². The Morgan fingerprint density at radius 3 is 2.77 bits per heavy atom. The second-order valence-corrected chi connectivity index (χ2v) is 4.91. The molecule has 0 amide bonds. The Hall–Kier alpha value is -2.72. The zero-order valence-electron chi connectivity index (χ0n) is 11.9. The molecule has 0 saturated carbocycles. The quantitative estimate of drug-likeness (QED) is 0.915. The third kappa shape index (κ3) is 3.13. The predicted octanol–water partition coefficient (Wildman–Crippen LogP) is 1.55. The lowest BCUT2D eigenvalue weighted by atomic mass is 10.1. The highest BCUT2D eigenvalue weighted by Crippen LogP contribution is 2.24. The molecule has 0 atom stereocenters. The zero-order valence-corrected chi connectivity index (χ0v) is 11.9. The largest absolute Gasteiger partial charge is 0.487 e. The maximum atomic E-state index is 9.30. The summed E-state index contributed by atoms with van der Waals surface area (Å²) in [5.74, 6) is 0.841. The van der Waals surface area contributed by atoms with Crippen LogP contribution in [0.5, 0.6) is 5.75 Å². The van der Waals surface area contributed by atoms with Crippen molar-refractivity contribution in [3.8, 4) is 23.2 Å². The SMILES string of the molecule is N#Cc1nc(-c2cc(N)ncn2)ccc1OC1CCOCC1. The maximum absolute atomic E-state index is 9.30. The third-order valence-electron chi connectivity index (χ3n) is 3.38. The van der Waals surface area contributed by atoms with Crippen LogP contribution in [0.1, 0.15) is 18.5 Å². The molecule has 0 aromatic carbocycles. The van der Waals surface area contributed by atoms with Gasteiger partial charge in [0.1, 0.15) is 24.3 Å². The topological polar surface area (TPSA) is 107 Å². The van der Waals surface area contributed by atoms with E-state index >= 15 is 0 Å². The Bertz CT molecular complexity index is 707. The highest BCUT2D eigenvalue weighted by Gasteiger charge is 2.18. The van der Waals surface area contributed by atoms with Gasteiger partial charge in [-0.2, -0.15) is 5.26 Å². The minimum absolute atomic E-state index is 0.0585. The standard InChI is InChI=1S/C15H15N5O2/c16-8-13-14(22-10-3-5-21-6-4-10)2-1-11(20-13)12-7-15(17)19-9-18-12/h1-2,7,9-10H,3-6H2,(H2,17,18,19). The third-order valence-corrected chi connectivity index (χ3v) is 3.38. The maximum Gasteiger partial charge on any atom is 0.183 e. The molecule has 0 radical (unpaired) electrons. The first-order valence-corrected chi connectivity index (χ1v) is 6.99. The normalized spacial score (nSPS) is 15.2. The van der Waals surface area contributed by atoms with Crippen LogP contribution in [0.2, 0.25) is 0 Å². The van der Waals surface area contributed by atoms with E-state index in [0.717, 1.165) is 12.8 Å². The van der Waals surface area contributed by atoms with Crippen molar-refractivity contribution < 1.29 is 9.47 Å². The minimum Gasteiger partial charge on any atom is -0.487 e. The predicted molar refractivity (Wildman–Crippen MR) is 78.9 cm³/mol. The van der Waals surface area contributed by atoms with E-state index in [2.05, 4.69) is 21.0 Å². The van der Waals surface area contributed by atoms with Gasteiger partial charge in [0.25, 0.3) is 0 Å². The molecule has 0 aliphatic carbocycles. The van der Waals surface area contributed by atoms with E-state index in [-0.39, 0.29) is 11.8 Å². The van der Waals surface area contributed by atoms with Crippen molar-refractivity contribution in [1.29, 1.82) is 5.26 Å². The number of rotatable bonds is 3. The summed E-state index contributed by atoms with van der Waals surface area (Å²) in [4.78, 5) is 12.3. The molecule has 112 valence electrons. The summed E-state index contributed by atoms with van der Waals surface area (Å²) in [6.45, 7) is 1.36. The molecule has 7 heteroatoms. The fourth-order valence-corrected chi connectivity index (χ4v) is 2.25. The van der Waals surface area contributed by atoms with Crippen LogP contribution in [0, 0.1) is 11.3 Å². The summed E-state index contributed by atoms with van der Waals surface area (Å²) in [7, 11) is 0. The Morgan fingerprint density at radius 2 is 2.05 bits per heavy atom. The van der Waals surface area contributed by atoms with Crippen LogP contribution in [0.4, 0.5) is 5.82 Å². The molecule has 0 unspecified atom stereocenters. The van der Waals surface area contributed by atoms with E-state index in [9.17, 15) is 5.26 Å². The molecule has 2 aromatic rings. The molecular formula is C15H15N5O2. The second kappa shape index (κ2) is 6.37. The number of nitrogen functional groups attached to an aromatic ring is 1. The van der Waals surface area contributed by atoms with E-state index < -0.39 is 0 Å². The van der Waals surface area contributed by atoms with E-state index in [0.29, 0.717) is 36.2 Å². The molecule has 2 aromatic heterocycles. The summed E-state index contributed by atoms with van der Waals surface area (Å²) in [5, 5.41) is 9.30. The lowest BCUT2D eigenvalue weighted by Gasteiger charge is -2.23. The van der Waals surface area contributed by atoms with Gasteiger partial charge in [0, 0.05) is 18.9 Å². The van der Waals surface area contributed by atoms with Gasteiger partial charge >= 0.3 is 0 Å². The Kier molecular flexibility index (Phi) is 4.12.